The number of rotatable bonds is 3. The van der Waals surface area contributed by atoms with Crippen LogP contribution in [0.5, 0.6) is 0 Å². The predicted octanol–water partition coefficient (Wildman–Crippen LogP) is -0.0287. The molecule has 0 radical (unpaired) electrons. The van der Waals surface area contributed by atoms with Crippen molar-refractivity contribution in [3.05, 3.63) is 35.3 Å². The highest BCUT2D eigenvalue weighted by Crippen LogP contribution is 2.67. The van der Waals surface area contributed by atoms with E-state index in [0.29, 0.717) is 23.9 Å². The highest BCUT2D eigenvalue weighted by Gasteiger charge is 2.68. The van der Waals surface area contributed by atoms with Crippen molar-refractivity contribution in [3.63, 3.8) is 0 Å². The fraction of sp³-hybridized carbons (Fsp3) is 0.560. The van der Waals surface area contributed by atoms with E-state index in [1.54, 1.807) is 16.8 Å². The zero-order valence-corrected chi connectivity index (χ0v) is 26.8. The van der Waals surface area contributed by atoms with Gasteiger partial charge in [-0.1, -0.05) is 0 Å². The van der Waals surface area contributed by atoms with Crippen molar-refractivity contribution < 1.29 is 51.6 Å². The number of hydrogen-bond acceptors (Lipinski definition) is 16. The molecule has 48 heavy (non-hydrogen) atoms. The third kappa shape index (κ3) is 4.84. The highest BCUT2D eigenvalue weighted by atomic mass is 31.2. The number of nitrogens with one attached hydrogen (secondary N) is 1. The standard InChI is InChI=1S/C25H31N9O12P2/c1-41-16-12-6-42-47(37,38)46-18-15(35)14(33-5-3-10-19(26)28-8-29-20(10)33)11-2-4-25(11,18)7-43-48(39,40)45-17(16)23(44-12)34-9-30-13-21(34)31-24(27)32-22(13)36/h3,5,8-9,11-12,14-18,23,35H,2,4,6-7H2,1H3,(H,37,38)(H,39,40)(H2,26,28,29)(H3,27,31,32,36)/t11-,12-,14-,15+,16-,17-,18+,23-,25+/m1/s1. The first-order chi connectivity index (χ1) is 22.8. The lowest BCUT2D eigenvalue weighted by atomic mass is 9.60. The maximum absolute atomic E-state index is 13.7. The van der Waals surface area contributed by atoms with Gasteiger partial charge in [0.15, 0.2) is 17.4 Å². The van der Waals surface area contributed by atoms with Gasteiger partial charge < -0.3 is 40.4 Å². The Labute approximate surface area is 269 Å². The van der Waals surface area contributed by atoms with Gasteiger partial charge in [0.05, 0.1) is 31.0 Å². The van der Waals surface area contributed by atoms with E-state index in [0.717, 1.165) is 0 Å². The number of H-pyrrole nitrogens is 1. The summed E-state index contributed by atoms with van der Waals surface area (Å²) in [5, 5.41) is 12.2. The summed E-state index contributed by atoms with van der Waals surface area (Å²) in [6.07, 6.45) is -2.99. The monoisotopic (exact) mass is 711 g/mol. The minimum absolute atomic E-state index is 0.0353. The van der Waals surface area contributed by atoms with Crippen LogP contribution < -0.4 is 17.0 Å². The SMILES string of the molecule is CO[C@H]1[C@H]2OP(=O)(O)OC[C@@]34CC[C@@H]3[C@@H](n3ccc5c(N)ncnc53)[C@H](O)[C@@H]4OP(=O)(O)OC[C@H]1O[C@H]2n1cnc2c(=O)[nH]c(N)nc21. The molecule has 11 atom stereocenters. The lowest BCUT2D eigenvalue weighted by Gasteiger charge is -2.48. The maximum Gasteiger partial charge on any atom is 0.472 e. The number of anilines is 2. The molecule has 0 amide bonds. The van der Waals surface area contributed by atoms with Crippen LogP contribution in [0.25, 0.3) is 22.2 Å². The van der Waals surface area contributed by atoms with E-state index in [4.69, 9.17) is 39.0 Å². The van der Waals surface area contributed by atoms with Crippen molar-refractivity contribution in [2.75, 3.05) is 31.8 Å². The Balaban J connectivity index is 1.17. The third-order valence-electron chi connectivity index (χ3n) is 9.84. The summed E-state index contributed by atoms with van der Waals surface area (Å²) in [4.78, 5) is 53.4. The number of fused-ring (bicyclic) bond motifs is 4. The number of phosphoric ester groups is 2. The molecule has 258 valence electrons. The molecule has 2 aliphatic heterocycles. The van der Waals surface area contributed by atoms with Crippen LogP contribution in [-0.2, 0) is 36.7 Å². The number of methoxy groups -OCH3 is 1. The number of aliphatic hydroxyl groups is 1. The van der Waals surface area contributed by atoms with Gasteiger partial charge in [-0.15, -0.1) is 0 Å². The number of nitrogens with two attached hydrogens (primary N) is 2. The number of hydrogen-bond donors (Lipinski definition) is 6. The molecule has 23 heteroatoms. The lowest BCUT2D eigenvalue weighted by Crippen LogP contribution is -2.50. The molecule has 8 N–H and O–H groups in total. The van der Waals surface area contributed by atoms with E-state index in [1.807, 2.05) is 0 Å². The van der Waals surface area contributed by atoms with E-state index < -0.39 is 88.5 Å². The summed E-state index contributed by atoms with van der Waals surface area (Å²) >= 11 is 0. The second-order valence-electron chi connectivity index (χ2n) is 12.2. The first-order valence-electron chi connectivity index (χ1n) is 14.8. The molecule has 2 saturated heterocycles. The maximum atomic E-state index is 13.7. The van der Waals surface area contributed by atoms with Crippen molar-refractivity contribution in [1.82, 2.24) is 34.1 Å². The molecule has 8 rings (SSSR count). The fourth-order valence-corrected chi connectivity index (χ4v) is 9.66. The topological polar surface area (TPSA) is 297 Å². The van der Waals surface area contributed by atoms with Crippen molar-refractivity contribution >= 4 is 49.6 Å². The van der Waals surface area contributed by atoms with E-state index in [-0.39, 0.29) is 22.9 Å². The van der Waals surface area contributed by atoms with Gasteiger partial charge in [0.25, 0.3) is 5.56 Å². The van der Waals surface area contributed by atoms with E-state index in [1.165, 1.54) is 24.3 Å². The van der Waals surface area contributed by atoms with E-state index in [2.05, 4.69) is 24.9 Å². The number of aromatic nitrogens is 7. The van der Waals surface area contributed by atoms with Crippen LogP contribution in [0, 0.1) is 11.3 Å². The minimum atomic E-state index is -4.99. The normalized spacial score (nSPS) is 40.1. The first kappa shape index (κ1) is 31.9. The van der Waals surface area contributed by atoms with Crippen molar-refractivity contribution in [2.45, 2.75) is 55.6 Å². The van der Waals surface area contributed by atoms with Gasteiger partial charge in [0.1, 0.15) is 48.3 Å². The molecule has 1 spiro atoms. The summed E-state index contributed by atoms with van der Waals surface area (Å²) < 4.78 is 64.2. The number of ether oxygens (including phenoxy) is 2. The summed E-state index contributed by atoms with van der Waals surface area (Å²) in [5.41, 5.74) is 10.2. The molecule has 4 aromatic heterocycles. The molecule has 0 aromatic carbocycles. The Morgan fingerprint density at radius 2 is 1.90 bits per heavy atom. The largest absolute Gasteiger partial charge is 0.472 e. The lowest BCUT2D eigenvalue weighted by molar-refractivity contribution is -0.105. The zero-order chi connectivity index (χ0) is 33.7. The molecule has 21 nitrogen and oxygen atoms in total. The Hall–Kier alpha value is -3.33. The van der Waals surface area contributed by atoms with Gasteiger partial charge >= 0.3 is 15.6 Å². The smallest absolute Gasteiger partial charge is 0.388 e. The summed E-state index contributed by atoms with van der Waals surface area (Å²) in [6, 6.07) is 0.928. The molecule has 4 aliphatic rings. The molecule has 2 saturated carbocycles. The van der Waals surface area contributed by atoms with Gasteiger partial charge in [-0.05, 0) is 24.8 Å². The number of imidazole rings is 1. The zero-order valence-electron chi connectivity index (χ0n) is 25.0. The number of aromatic amines is 1. The Kier molecular flexibility index (Phi) is 7.37. The van der Waals surface area contributed by atoms with Crippen LogP contribution in [0.15, 0.2) is 29.7 Å². The molecule has 4 fully saturated rings. The second-order valence-corrected chi connectivity index (χ2v) is 15.0. The van der Waals surface area contributed by atoms with Crippen molar-refractivity contribution in [2.24, 2.45) is 11.3 Å². The van der Waals surface area contributed by atoms with E-state index >= 15 is 0 Å². The van der Waals surface area contributed by atoms with Crippen molar-refractivity contribution in [1.29, 1.82) is 0 Å². The van der Waals surface area contributed by atoms with Gasteiger partial charge in [0.2, 0.25) is 5.95 Å². The summed E-state index contributed by atoms with van der Waals surface area (Å²) in [6.45, 7) is -1.14. The van der Waals surface area contributed by atoms with Crippen LogP contribution in [0.3, 0.4) is 0 Å². The van der Waals surface area contributed by atoms with E-state index in [9.17, 15) is 28.8 Å². The summed E-state index contributed by atoms with van der Waals surface area (Å²) in [5.74, 6) is -0.475. The van der Waals surface area contributed by atoms with Crippen LogP contribution in [0.4, 0.5) is 11.8 Å². The third-order valence-corrected chi connectivity index (χ3v) is 11.8. The molecule has 2 bridgehead atoms. The van der Waals surface area contributed by atoms with Crippen LogP contribution >= 0.6 is 15.6 Å². The number of aliphatic hydroxyl groups excluding tert-OH is 1. The summed E-state index contributed by atoms with van der Waals surface area (Å²) in [7, 11) is -8.68. The Morgan fingerprint density at radius 1 is 1.10 bits per heavy atom. The van der Waals surface area contributed by atoms with Gasteiger partial charge in [-0.2, -0.15) is 4.98 Å². The molecule has 2 unspecified atom stereocenters. The fourth-order valence-electron chi connectivity index (χ4n) is 7.64. The molecule has 4 aromatic rings. The number of nitrogen functional groups attached to an aromatic ring is 2. The van der Waals surface area contributed by atoms with Gasteiger partial charge in [-0.3, -0.25) is 32.4 Å². The van der Waals surface area contributed by atoms with Crippen LogP contribution in [0.1, 0.15) is 25.1 Å². The average molecular weight is 712 g/mol. The number of nitrogens with zero attached hydrogens (tertiary/aromatic N) is 6. The van der Waals surface area contributed by atoms with Gasteiger partial charge in [0, 0.05) is 18.7 Å². The number of phosphoric acid groups is 2. The van der Waals surface area contributed by atoms with Crippen molar-refractivity contribution in [3.8, 4) is 0 Å². The quantitative estimate of drug-likeness (QED) is 0.152. The van der Waals surface area contributed by atoms with Crippen LogP contribution in [0.2, 0.25) is 0 Å². The predicted molar refractivity (Wildman–Crippen MR) is 161 cm³/mol. The second kappa shape index (κ2) is 11.1. The molecular weight excluding hydrogens is 680 g/mol. The first-order valence-corrected chi connectivity index (χ1v) is 17.8. The highest BCUT2D eigenvalue weighted by molar-refractivity contribution is 7.47. The Morgan fingerprint density at radius 3 is 2.65 bits per heavy atom. The van der Waals surface area contributed by atoms with Gasteiger partial charge in [-0.25, -0.2) is 24.1 Å². The Bertz CT molecular complexity index is 2070. The molecule has 2 aliphatic carbocycles. The molecular formula is C25H31N9O12P2. The minimum Gasteiger partial charge on any atom is -0.388 e. The average Bonchev–Trinajstić information content (AvgIpc) is 3.75. The molecule has 6 heterocycles. The van der Waals surface area contributed by atoms with Crippen LogP contribution in [-0.4, -0.2) is 99.8 Å².